The molecule has 0 aliphatic carbocycles. The third-order valence-electron chi connectivity index (χ3n) is 6.39. The molecular formula is C28H30Cl3NO2. The van der Waals surface area contributed by atoms with Crippen LogP contribution < -0.4 is 0 Å². The number of piperidine rings is 1. The van der Waals surface area contributed by atoms with Gasteiger partial charge in [0.15, 0.2) is 0 Å². The lowest BCUT2D eigenvalue weighted by atomic mass is 9.81. The number of hydrogen-bond donors (Lipinski definition) is 0. The van der Waals surface area contributed by atoms with Crippen LogP contribution >= 0.6 is 34.8 Å². The normalized spacial score (nSPS) is 21.0. The fourth-order valence-electron chi connectivity index (χ4n) is 4.59. The first-order valence-corrected chi connectivity index (χ1v) is 12.9. The van der Waals surface area contributed by atoms with Crippen LogP contribution in [0.1, 0.15) is 36.5 Å². The first kappa shape index (κ1) is 25.5. The number of benzene rings is 3. The summed E-state index contributed by atoms with van der Waals surface area (Å²) in [6.45, 7) is 5.89. The van der Waals surface area contributed by atoms with Gasteiger partial charge in [-0.3, -0.25) is 0 Å². The summed E-state index contributed by atoms with van der Waals surface area (Å²) in [5.74, 6) is 0. The van der Waals surface area contributed by atoms with Gasteiger partial charge in [0.25, 0.3) is 0 Å². The fourth-order valence-corrected chi connectivity index (χ4v) is 5.04. The zero-order chi connectivity index (χ0) is 24.0. The predicted molar refractivity (Wildman–Crippen MR) is 141 cm³/mol. The Morgan fingerprint density at radius 1 is 0.882 bits per heavy atom. The standard InChI is InChI=1S/C28H30Cl3NO2/c1-2-15-32-16-14-28(23-9-11-24(29)12-10-23,34-20-21-6-4-3-5-7-21)27(18-32)33-19-22-8-13-25(30)26(31)17-22/h3-13,17,27H,2,14-16,18-20H2,1H3/t27-,28-/m1/s1. The maximum absolute atomic E-state index is 6.81. The molecular weight excluding hydrogens is 489 g/mol. The van der Waals surface area contributed by atoms with Crippen LogP contribution in [0.4, 0.5) is 0 Å². The molecule has 6 heteroatoms. The van der Waals surface area contributed by atoms with Crippen molar-refractivity contribution in [2.75, 3.05) is 19.6 Å². The molecule has 1 aliphatic rings. The Morgan fingerprint density at radius 3 is 2.35 bits per heavy atom. The molecule has 3 nitrogen and oxygen atoms in total. The largest absolute Gasteiger partial charge is 0.369 e. The van der Waals surface area contributed by atoms with Gasteiger partial charge in [-0.15, -0.1) is 0 Å². The van der Waals surface area contributed by atoms with Gasteiger partial charge in [0.1, 0.15) is 11.7 Å². The molecule has 4 rings (SSSR count). The van der Waals surface area contributed by atoms with E-state index in [0.717, 1.165) is 49.2 Å². The van der Waals surface area contributed by atoms with E-state index in [1.807, 2.05) is 48.5 Å². The molecule has 3 aromatic rings. The third-order valence-corrected chi connectivity index (χ3v) is 7.38. The van der Waals surface area contributed by atoms with Crippen molar-refractivity contribution < 1.29 is 9.47 Å². The second-order valence-corrected chi connectivity index (χ2v) is 10.0. The Bertz CT molecular complexity index is 1060. The van der Waals surface area contributed by atoms with Crippen LogP contribution in [0.3, 0.4) is 0 Å². The lowest BCUT2D eigenvalue weighted by Crippen LogP contribution is -2.56. The molecule has 0 unspecified atom stereocenters. The molecule has 2 atom stereocenters. The molecule has 1 heterocycles. The van der Waals surface area contributed by atoms with E-state index in [2.05, 4.69) is 36.1 Å². The summed E-state index contributed by atoms with van der Waals surface area (Å²) >= 11 is 18.6. The average molecular weight is 519 g/mol. The second kappa shape index (κ2) is 11.9. The third kappa shape index (κ3) is 6.15. The van der Waals surface area contributed by atoms with Crippen LogP contribution in [0.2, 0.25) is 15.1 Å². The van der Waals surface area contributed by atoms with E-state index in [1.165, 1.54) is 0 Å². The second-order valence-electron chi connectivity index (χ2n) is 8.77. The van der Waals surface area contributed by atoms with Gasteiger partial charge in [0.05, 0.1) is 23.3 Å². The molecule has 3 aromatic carbocycles. The van der Waals surface area contributed by atoms with E-state index in [9.17, 15) is 0 Å². The Kier molecular flexibility index (Phi) is 8.92. The Labute approximate surface area is 217 Å². The van der Waals surface area contributed by atoms with E-state index >= 15 is 0 Å². The Balaban J connectivity index is 1.65. The van der Waals surface area contributed by atoms with Crippen molar-refractivity contribution in [3.63, 3.8) is 0 Å². The molecule has 180 valence electrons. The van der Waals surface area contributed by atoms with Crippen LogP contribution in [0.15, 0.2) is 72.8 Å². The van der Waals surface area contributed by atoms with Gasteiger partial charge in [0, 0.05) is 18.1 Å². The van der Waals surface area contributed by atoms with Crippen LogP contribution in [0, 0.1) is 0 Å². The van der Waals surface area contributed by atoms with Gasteiger partial charge in [-0.05, 0) is 60.3 Å². The van der Waals surface area contributed by atoms with E-state index in [-0.39, 0.29) is 6.10 Å². The van der Waals surface area contributed by atoms with E-state index in [4.69, 9.17) is 44.3 Å². The highest BCUT2D eigenvalue weighted by atomic mass is 35.5. The monoisotopic (exact) mass is 517 g/mol. The molecule has 0 saturated carbocycles. The first-order valence-electron chi connectivity index (χ1n) is 11.7. The van der Waals surface area contributed by atoms with Gasteiger partial charge in [-0.2, -0.15) is 0 Å². The van der Waals surface area contributed by atoms with Crippen LogP contribution in [0.5, 0.6) is 0 Å². The smallest absolute Gasteiger partial charge is 0.122 e. The van der Waals surface area contributed by atoms with Crippen LogP contribution in [-0.2, 0) is 28.3 Å². The first-order chi connectivity index (χ1) is 16.5. The van der Waals surface area contributed by atoms with Crippen LogP contribution in [0.25, 0.3) is 0 Å². The van der Waals surface area contributed by atoms with Crippen molar-refractivity contribution in [1.29, 1.82) is 0 Å². The minimum Gasteiger partial charge on any atom is -0.369 e. The number of rotatable bonds is 9. The van der Waals surface area contributed by atoms with E-state index in [1.54, 1.807) is 0 Å². The number of halogens is 3. The fraction of sp³-hybridized carbons (Fsp3) is 0.357. The van der Waals surface area contributed by atoms with Crippen LogP contribution in [-0.4, -0.2) is 30.6 Å². The zero-order valence-corrected chi connectivity index (χ0v) is 21.6. The SMILES string of the molecule is CCCN1CC[C@@](OCc2ccccc2)(c2ccc(Cl)cc2)[C@H](OCc2ccc(Cl)c(Cl)c2)C1. The van der Waals surface area contributed by atoms with Crippen molar-refractivity contribution in [3.8, 4) is 0 Å². The Morgan fingerprint density at radius 2 is 1.65 bits per heavy atom. The summed E-state index contributed by atoms with van der Waals surface area (Å²) in [6.07, 6.45) is 1.75. The maximum Gasteiger partial charge on any atom is 0.122 e. The van der Waals surface area contributed by atoms with Gasteiger partial charge in [-0.1, -0.05) is 90.3 Å². The minimum atomic E-state index is -0.596. The number of ether oxygens (including phenoxy) is 2. The summed E-state index contributed by atoms with van der Waals surface area (Å²) < 4.78 is 13.4. The summed E-state index contributed by atoms with van der Waals surface area (Å²) in [6, 6.07) is 23.9. The van der Waals surface area contributed by atoms with Crippen molar-refractivity contribution in [2.24, 2.45) is 0 Å². The molecule has 0 N–H and O–H groups in total. The molecule has 34 heavy (non-hydrogen) atoms. The van der Waals surface area contributed by atoms with Crippen molar-refractivity contribution in [3.05, 3.63) is 105 Å². The molecule has 0 amide bonds. The van der Waals surface area contributed by atoms with Crippen molar-refractivity contribution in [1.82, 2.24) is 4.90 Å². The molecule has 0 bridgehead atoms. The highest BCUT2D eigenvalue weighted by molar-refractivity contribution is 6.42. The molecule has 0 spiro atoms. The Hall–Kier alpha value is -1.59. The van der Waals surface area contributed by atoms with E-state index in [0.29, 0.717) is 28.3 Å². The molecule has 0 radical (unpaired) electrons. The zero-order valence-electron chi connectivity index (χ0n) is 19.4. The summed E-state index contributed by atoms with van der Waals surface area (Å²) in [5, 5.41) is 1.78. The van der Waals surface area contributed by atoms with Gasteiger partial charge >= 0.3 is 0 Å². The molecule has 1 aliphatic heterocycles. The summed E-state index contributed by atoms with van der Waals surface area (Å²) in [4.78, 5) is 2.46. The maximum atomic E-state index is 6.81. The van der Waals surface area contributed by atoms with Gasteiger partial charge in [-0.25, -0.2) is 0 Å². The number of likely N-dealkylation sites (tertiary alicyclic amines) is 1. The minimum absolute atomic E-state index is 0.174. The summed E-state index contributed by atoms with van der Waals surface area (Å²) in [7, 11) is 0. The molecule has 1 saturated heterocycles. The highest BCUT2D eigenvalue weighted by Gasteiger charge is 2.46. The lowest BCUT2D eigenvalue weighted by molar-refractivity contribution is -0.193. The number of hydrogen-bond acceptors (Lipinski definition) is 3. The average Bonchev–Trinajstić information content (AvgIpc) is 2.85. The lowest BCUT2D eigenvalue weighted by Gasteiger charge is -2.47. The topological polar surface area (TPSA) is 21.7 Å². The van der Waals surface area contributed by atoms with Gasteiger partial charge in [0.2, 0.25) is 0 Å². The van der Waals surface area contributed by atoms with Crippen molar-refractivity contribution in [2.45, 2.75) is 44.7 Å². The van der Waals surface area contributed by atoms with Crippen molar-refractivity contribution >= 4 is 34.8 Å². The highest BCUT2D eigenvalue weighted by Crippen LogP contribution is 2.40. The van der Waals surface area contributed by atoms with Gasteiger partial charge < -0.3 is 14.4 Å². The number of nitrogens with zero attached hydrogens (tertiary/aromatic N) is 1. The predicted octanol–water partition coefficient (Wildman–Crippen LogP) is 7.76. The van der Waals surface area contributed by atoms with E-state index < -0.39 is 5.60 Å². The summed E-state index contributed by atoms with van der Waals surface area (Å²) in [5.41, 5.74) is 2.61. The molecule has 0 aromatic heterocycles. The molecule has 1 fully saturated rings. The quantitative estimate of drug-likeness (QED) is 0.289.